The number of nitrogens with zero attached hydrogens (tertiary/aromatic N) is 1. The van der Waals surface area contributed by atoms with Gasteiger partial charge in [-0.15, -0.1) is 0 Å². The molecule has 2 atom stereocenters. The van der Waals surface area contributed by atoms with Crippen molar-refractivity contribution in [3.8, 4) is 5.75 Å². The van der Waals surface area contributed by atoms with Gasteiger partial charge in [-0.3, -0.25) is 9.69 Å². The molecular weight excluding hydrogens is 466 g/mol. The average Bonchev–Trinajstić information content (AvgIpc) is 3.32. The average molecular weight is 500 g/mol. The Morgan fingerprint density at radius 1 is 1.20 bits per heavy atom. The van der Waals surface area contributed by atoms with E-state index in [9.17, 15) is 13.2 Å². The van der Waals surface area contributed by atoms with E-state index >= 15 is 0 Å². The molecule has 0 saturated carbocycles. The van der Waals surface area contributed by atoms with Crippen LogP contribution >= 0.6 is 0 Å². The predicted molar refractivity (Wildman–Crippen MR) is 135 cm³/mol. The number of methoxy groups -OCH3 is 2. The van der Waals surface area contributed by atoms with E-state index in [0.29, 0.717) is 19.1 Å². The van der Waals surface area contributed by atoms with Crippen LogP contribution in [0.1, 0.15) is 42.5 Å². The van der Waals surface area contributed by atoms with Gasteiger partial charge in [0.15, 0.2) is 0 Å². The Bertz CT molecular complexity index is 1300. The van der Waals surface area contributed by atoms with Crippen LogP contribution in [-0.4, -0.2) is 51.6 Å². The molecule has 2 heterocycles. The summed E-state index contributed by atoms with van der Waals surface area (Å²) in [6.45, 7) is 5.53. The third kappa shape index (κ3) is 5.37. The van der Waals surface area contributed by atoms with E-state index in [1.165, 1.54) is 6.92 Å². The first kappa shape index (κ1) is 25.2. The van der Waals surface area contributed by atoms with Gasteiger partial charge in [0.2, 0.25) is 5.91 Å². The molecule has 1 aromatic heterocycles. The zero-order valence-corrected chi connectivity index (χ0v) is 21.4. The van der Waals surface area contributed by atoms with E-state index in [2.05, 4.69) is 28.9 Å². The van der Waals surface area contributed by atoms with Crippen LogP contribution in [-0.2, 0) is 26.1 Å². The third-order valence-electron chi connectivity index (χ3n) is 6.77. The largest absolute Gasteiger partial charge is 0.496 e. The van der Waals surface area contributed by atoms with Crippen molar-refractivity contribution in [2.45, 2.75) is 44.2 Å². The number of carbonyl (C=O) groups is 1. The number of ether oxygens (including phenoxy) is 2. The molecule has 1 saturated heterocycles. The summed E-state index contributed by atoms with van der Waals surface area (Å²) in [4.78, 5) is 17.1. The molecule has 8 nitrogen and oxygen atoms in total. The Morgan fingerprint density at radius 3 is 2.60 bits per heavy atom. The number of hydrogen-bond donors (Lipinski definition) is 2. The number of fused-ring (bicyclic) bond motifs is 1. The maximum absolute atomic E-state index is 12.4. The van der Waals surface area contributed by atoms with Crippen LogP contribution in [0.15, 0.2) is 47.5 Å². The summed E-state index contributed by atoms with van der Waals surface area (Å²) < 4.78 is 38.0. The number of likely N-dealkylation sites (tertiary alicyclic amines) is 1. The zero-order chi connectivity index (χ0) is 25.2. The number of aromatic amines is 1. The van der Waals surface area contributed by atoms with Gasteiger partial charge >= 0.3 is 0 Å². The third-order valence-corrected chi connectivity index (χ3v) is 8.22. The van der Waals surface area contributed by atoms with E-state index in [1.807, 2.05) is 23.1 Å². The number of hydrogen-bond acceptors (Lipinski definition) is 6. The summed E-state index contributed by atoms with van der Waals surface area (Å²) in [6, 6.07) is 11.1. The van der Waals surface area contributed by atoms with Crippen molar-refractivity contribution < 1.29 is 22.7 Å². The molecule has 1 amide bonds. The number of H-pyrrole nitrogens is 1. The van der Waals surface area contributed by atoms with Crippen molar-refractivity contribution in [2.75, 3.05) is 27.4 Å². The van der Waals surface area contributed by atoms with Gasteiger partial charge in [0, 0.05) is 55.9 Å². The molecule has 2 aromatic carbocycles. The first-order valence-electron chi connectivity index (χ1n) is 11.7. The first-order chi connectivity index (χ1) is 16.7. The van der Waals surface area contributed by atoms with Crippen LogP contribution in [0.2, 0.25) is 0 Å². The van der Waals surface area contributed by atoms with Gasteiger partial charge in [0.25, 0.3) is 10.0 Å². The van der Waals surface area contributed by atoms with Crippen molar-refractivity contribution in [1.82, 2.24) is 14.6 Å². The van der Waals surface area contributed by atoms with Gasteiger partial charge in [-0.05, 0) is 67.6 Å². The molecule has 1 aliphatic rings. The lowest BCUT2D eigenvalue weighted by Gasteiger charge is -2.40. The number of aromatic nitrogens is 1. The van der Waals surface area contributed by atoms with Crippen LogP contribution in [0, 0.1) is 12.8 Å². The van der Waals surface area contributed by atoms with E-state index in [0.717, 1.165) is 52.7 Å². The first-order valence-corrected chi connectivity index (χ1v) is 13.2. The minimum Gasteiger partial charge on any atom is -0.496 e. The molecule has 4 rings (SSSR count). The van der Waals surface area contributed by atoms with E-state index < -0.39 is 15.9 Å². The Labute approximate surface area is 206 Å². The Morgan fingerprint density at radius 2 is 1.94 bits per heavy atom. The molecule has 188 valence electrons. The maximum Gasteiger partial charge on any atom is 0.264 e. The lowest BCUT2D eigenvalue weighted by molar-refractivity contribution is -0.117. The van der Waals surface area contributed by atoms with Crippen molar-refractivity contribution in [2.24, 2.45) is 5.92 Å². The van der Waals surface area contributed by atoms with E-state index in [-0.39, 0.29) is 10.9 Å². The van der Waals surface area contributed by atoms with Crippen molar-refractivity contribution in [3.05, 3.63) is 59.3 Å². The molecular formula is C26H33N3O5S. The van der Waals surface area contributed by atoms with Gasteiger partial charge in [0.1, 0.15) is 5.75 Å². The number of benzene rings is 2. The van der Waals surface area contributed by atoms with E-state index in [1.54, 1.807) is 26.4 Å². The fourth-order valence-electron chi connectivity index (χ4n) is 5.11. The summed E-state index contributed by atoms with van der Waals surface area (Å²) in [6.07, 6.45) is 3.87. The Kier molecular flexibility index (Phi) is 7.49. The molecule has 1 aliphatic heterocycles. The zero-order valence-electron chi connectivity index (χ0n) is 20.6. The Balaban J connectivity index is 1.67. The Hall–Kier alpha value is -2.88. The van der Waals surface area contributed by atoms with Crippen LogP contribution in [0.4, 0.5) is 0 Å². The molecule has 1 fully saturated rings. The molecule has 0 bridgehead atoms. The predicted octanol–water partition coefficient (Wildman–Crippen LogP) is 3.91. The smallest absolute Gasteiger partial charge is 0.264 e. The topological polar surface area (TPSA) is 101 Å². The summed E-state index contributed by atoms with van der Waals surface area (Å²) in [5, 5.41) is 1.15. The number of carbonyl (C=O) groups excluding carboxylic acids is 1. The second kappa shape index (κ2) is 10.4. The summed E-state index contributed by atoms with van der Waals surface area (Å²) in [5.74, 6) is 0.665. The normalized spacial score (nSPS) is 19.1. The molecule has 0 spiro atoms. The quantitative estimate of drug-likeness (QED) is 0.487. The van der Waals surface area contributed by atoms with Crippen LogP contribution < -0.4 is 9.46 Å². The molecule has 0 aliphatic carbocycles. The fourth-order valence-corrected chi connectivity index (χ4v) is 6.10. The van der Waals surface area contributed by atoms with Crippen molar-refractivity contribution >= 4 is 26.8 Å². The van der Waals surface area contributed by atoms with Crippen LogP contribution in [0.3, 0.4) is 0 Å². The van der Waals surface area contributed by atoms with Gasteiger partial charge in [-0.1, -0.05) is 12.1 Å². The highest BCUT2D eigenvalue weighted by Crippen LogP contribution is 2.39. The van der Waals surface area contributed by atoms with Crippen LogP contribution in [0.25, 0.3) is 10.9 Å². The molecule has 2 N–H and O–H groups in total. The van der Waals surface area contributed by atoms with Crippen molar-refractivity contribution in [1.29, 1.82) is 0 Å². The van der Waals surface area contributed by atoms with E-state index in [4.69, 9.17) is 9.47 Å². The monoisotopic (exact) mass is 499 g/mol. The maximum atomic E-state index is 12.4. The lowest BCUT2D eigenvalue weighted by atomic mass is 9.87. The summed E-state index contributed by atoms with van der Waals surface area (Å²) >= 11 is 0. The van der Waals surface area contributed by atoms with Crippen LogP contribution in [0.5, 0.6) is 5.75 Å². The second-order valence-corrected chi connectivity index (χ2v) is 10.9. The van der Waals surface area contributed by atoms with Gasteiger partial charge in [0.05, 0.1) is 12.0 Å². The van der Waals surface area contributed by atoms with Gasteiger partial charge < -0.3 is 14.5 Å². The van der Waals surface area contributed by atoms with Crippen molar-refractivity contribution in [3.63, 3.8) is 0 Å². The standard InChI is InChI=1S/C26H33N3O5S/c1-17-13-25(34-4)23(22-9-11-27-26(17)22)15-29-12-10-19(16-33-3)14-24(29)20-5-7-21(8-6-20)35(31,32)28-18(2)30/h5-9,11,13,19,24,27H,10,12,14-16H2,1-4H3,(H,28,30)/t19?,24-/m0/s1. The second-order valence-electron chi connectivity index (χ2n) is 9.20. The molecule has 35 heavy (non-hydrogen) atoms. The number of rotatable bonds is 8. The number of aryl methyl sites for hydroxylation is 1. The molecule has 1 unspecified atom stereocenters. The molecule has 3 aromatic rings. The number of nitrogens with one attached hydrogen (secondary N) is 2. The lowest BCUT2D eigenvalue weighted by Crippen LogP contribution is -2.37. The highest BCUT2D eigenvalue weighted by atomic mass is 32.2. The van der Waals surface area contributed by atoms with Gasteiger partial charge in [-0.2, -0.15) is 0 Å². The van der Waals surface area contributed by atoms with Gasteiger partial charge in [-0.25, -0.2) is 13.1 Å². The summed E-state index contributed by atoms with van der Waals surface area (Å²) in [7, 11) is -0.446. The number of amides is 1. The highest BCUT2D eigenvalue weighted by Gasteiger charge is 2.31. The summed E-state index contributed by atoms with van der Waals surface area (Å²) in [5.41, 5.74) is 4.41. The molecule has 0 radical (unpaired) electrons. The number of piperidine rings is 1. The fraction of sp³-hybridized carbons (Fsp3) is 0.423. The highest BCUT2D eigenvalue weighted by molar-refractivity contribution is 7.90. The molecule has 9 heteroatoms. The SMILES string of the molecule is COCC1CCN(Cc2c(OC)cc(C)c3[nH]ccc23)[C@H](c2ccc(S(=O)(=O)NC(C)=O)cc2)C1. The minimum atomic E-state index is -3.87. The minimum absolute atomic E-state index is 0.0708. The number of sulfonamides is 1.